The van der Waals surface area contributed by atoms with Crippen LogP contribution in [-0.4, -0.2) is 79.0 Å². The highest BCUT2D eigenvalue weighted by Crippen LogP contribution is 2.68. The van der Waals surface area contributed by atoms with E-state index in [1.54, 1.807) is 0 Å². The SMILES string of the molecule is Nc1ncnc2c1ncn2[C@@H]1O[C@H](OCP(=O)(O)OP(=O)(O)O[P+](O)(O)O)[C@@H](O)[C@H]1O. The van der Waals surface area contributed by atoms with Gasteiger partial charge in [0.1, 0.15) is 24.1 Å². The molecule has 0 saturated carbocycles. The zero-order chi connectivity index (χ0) is 23.2. The number of anilines is 1. The monoisotopic (exact) mass is 508 g/mol. The van der Waals surface area contributed by atoms with Crippen LogP contribution in [0.15, 0.2) is 12.7 Å². The van der Waals surface area contributed by atoms with Crippen LogP contribution in [0.25, 0.3) is 11.2 Å². The van der Waals surface area contributed by atoms with Crippen molar-refractivity contribution in [3.63, 3.8) is 0 Å². The molecule has 3 heterocycles. The minimum Gasteiger partial charge on any atom is -0.385 e. The predicted molar refractivity (Wildman–Crippen MR) is 97.0 cm³/mol. The summed E-state index contributed by atoms with van der Waals surface area (Å²) in [5.74, 6) is 0.0405. The first-order valence-corrected chi connectivity index (χ1v) is 12.7. The minimum atomic E-state index is -5.59. The molecule has 0 amide bonds. The van der Waals surface area contributed by atoms with Gasteiger partial charge in [0.25, 0.3) is 0 Å². The van der Waals surface area contributed by atoms with E-state index in [0.717, 1.165) is 6.33 Å². The highest BCUT2D eigenvalue weighted by atomic mass is 31.3. The molecule has 31 heavy (non-hydrogen) atoms. The van der Waals surface area contributed by atoms with E-state index in [0.29, 0.717) is 0 Å². The lowest BCUT2D eigenvalue weighted by molar-refractivity contribution is -0.167. The number of nitrogen functional groups attached to an aromatic ring is 1. The molecule has 1 aliphatic heterocycles. The van der Waals surface area contributed by atoms with Gasteiger partial charge < -0.3 is 30.3 Å². The molecule has 3 rings (SSSR count). The molecule has 6 atom stereocenters. The van der Waals surface area contributed by atoms with Gasteiger partial charge in [-0.25, -0.2) is 23.8 Å². The van der Waals surface area contributed by atoms with E-state index >= 15 is 0 Å². The van der Waals surface area contributed by atoms with Gasteiger partial charge in [-0.3, -0.25) is 14.0 Å². The summed E-state index contributed by atoms with van der Waals surface area (Å²) < 4.78 is 42.1. The number of hydrogen-bond acceptors (Lipinski definition) is 15. The molecule has 9 N–H and O–H groups in total. The van der Waals surface area contributed by atoms with E-state index in [-0.39, 0.29) is 17.0 Å². The van der Waals surface area contributed by atoms with Gasteiger partial charge in [0, 0.05) is 0 Å². The van der Waals surface area contributed by atoms with E-state index in [4.69, 9.17) is 29.9 Å². The Morgan fingerprint density at radius 1 is 1.16 bits per heavy atom. The minimum absolute atomic E-state index is 0.0405. The first-order chi connectivity index (χ1) is 14.2. The number of fused-ring (bicyclic) bond motifs is 1. The second kappa shape index (κ2) is 8.62. The number of hydrogen-bond donors (Lipinski definition) is 8. The van der Waals surface area contributed by atoms with Crippen LogP contribution in [0.1, 0.15) is 6.23 Å². The van der Waals surface area contributed by atoms with Crippen molar-refractivity contribution < 1.29 is 61.9 Å². The summed E-state index contributed by atoms with van der Waals surface area (Å²) >= 11 is 0. The average molecular weight is 508 g/mol. The molecule has 0 aromatic carbocycles. The Hall–Kier alpha value is -1.20. The Bertz CT molecular complexity index is 1040. The Morgan fingerprint density at radius 3 is 2.48 bits per heavy atom. The van der Waals surface area contributed by atoms with Crippen molar-refractivity contribution in [2.24, 2.45) is 0 Å². The van der Waals surface area contributed by atoms with Crippen molar-refractivity contribution >= 4 is 40.6 Å². The fourth-order valence-electron chi connectivity index (χ4n) is 2.56. The van der Waals surface area contributed by atoms with Gasteiger partial charge in [-0.1, -0.05) is 0 Å². The van der Waals surface area contributed by atoms with Gasteiger partial charge in [-0.15, -0.1) is 0 Å². The molecule has 0 bridgehead atoms. The lowest BCUT2D eigenvalue weighted by Gasteiger charge is -2.19. The van der Waals surface area contributed by atoms with E-state index in [1.807, 2.05) is 0 Å². The first kappa shape index (κ1) is 24.4. The smallest absolute Gasteiger partial charge is 0.385 e. The summed E-state index contributed by atoms with van der Waals surface area (Å²) in [6.45, 7) is 0. The zero-order valence-electron chi connectivity index (χ0n) is 15.0. The maximum Gasteiger partial charge on any atom is 0.578 e. The highest BCUT2D eigenvalue weighted by molar-refractivity contribution is 7.69. The van der Waals surface area contributed by atoms with E-state index in [1.165, 1.54) is 10.9 Å². The van der Waals surface area contributed by atoms with Crippen LogP contribution in [0.5, 0.6) is 0 Å². The summed E-state index contributed by atoms with van der Waals surface area (Å²) in [6, 6.07) is 0. The Labute approximate surface area is 172 Å². The molecular weight excluding hydrogens is 491 g/mol. The summed E-state index contributed by atoms with van der Waals surface area (Å²) in [5.41, 5.74) is 5.99. The second-order valence-electron chi connectivity index (χ2n) is 6.04. The van der Waals surface area contributed by atoms with Gasteiger partial charge in [-0.2, -0.15) is 14.7 Å². The zero-order valence-corrected chi connectivity index (χ0v) is 17.6. The van der Waals surface area contributed by atoms with Crippen molar-refractivity contribution in [3.05, 3.63) is 12.7 Å². The summed E-state index contributed by atoms with van der Waals surface area (Å²) in [6.07, 6.45) is -5.49. The summed E-state index contributed by atoms with van der Waals surface area (Å²) in [5, 5.41) is 20.4. The molecule has 1 aliphatic rings. The van der Waals surface area contributed by atoms with Crippen molar-refractivity contribution in [3.8, 4) is 0 Å². The van der Waals surface area contributed by atoms with Crippen LogP contribution in [0.2, 0.25) is 0 Å². The van der Waals surface area contributed by atoms with Gasteiger partial charge >= 0.3 is 23.6 Å². The largest absolute Gasteiger partial charge is 0.578 e. The van der Waals surface area contributed by atoms with Crippen LogP contribution in [0, 0.1) is 0 Å². The molecule has 2 aromatic heterocycles. The molecular formula is C10H17N5O13P3+. The highest BCUT2D eigenvalue weighted by Gasteiger charge is 2.50. The standard InChI is InChI=1S/C10H16N5O13P3/c11-7-4-8(13-1-12-7)15(2-14-4)9-5(16)6(17)10(26-9)25-3-29(18,19)27-31(23,24)28-30(20,21)22/h1-2,5-6,9-10,16-17,20-22H,3H2,(H3-,11,12,13,18,19,23,24)/p+1/t5-,6+,9-,10+/m1/s1. The number of nitrogens with zero attached hydrogens (tertiary/aromatic N) is 4. The molecule has 1 saturated heterocycles. The van der Waals surface area contributed by atoms with Crippen LogP contribution >= 0.6 is 23.6 Å². The lowest BCUT2D eigenvalue weighted by atomic mass is 10.2. The Kier molecular flexibility index (Phi) is 6.80. The normalized spacial score (nSPS) is 28.5. The Morgan fingerprint density at radius 2 is 1.84 bits per heavy atom. The van der Waals surface area contributed by atoms with E-state index < -0.39 is 54.7 Å². The number of aliphatic hydroxyl groups excluding tert-OH is 2. The molecule has 0 aliphatic carbocycles. The molecule has 0 spiro atoms. The summed E-state index contributed by atoms with van der Waals surface area (Å²) in [4.78, 5) is 56.3. The number of nitrogens with two attached hydrogens (primary N) is 1. The number of imidazole rings is 1. The third-order valence-electron chi connectivity index (χ3n) is 3.70. The topological polar surface area (TPSA) is 282 Å². The molecule has 21 heteroatoms. The predicted octanol–water partition coefficient (Wildman–Crippen LogP) is -2.07. The van der Waals surface area contributed by atoms with Gasteiger partial charge in [-0.05, 0) is 4.31 Å². The third kappa shape index (κ3) is 5.78. The maximum atomic E-state index is 11.9. The van der Waals surface area contributed by atoms with Gasteiger partial charge in [0.2, 0.25) is 0 Å². The molecule has 0 radical (unpaired) electrons. The number of ether oxygens (including phenoxy) is 2. The number of rotatable bonds is 8. The molecule has 2 aromatic rings. The van der Waals surface area contributed by atoms with Crippen LogP contribution in [0.4, 0.5) is 5.82 Å². The summed E-state index contributed by atoms with van der Waals surface area (Å²) in [7, 11) is -16.0. The van der Waals surface area contributed by atoms with Crippen molar-refractivity contribution in [2.75, 3.05) is 12.1 Å². The van der Waals surface area contributed by atoms with Crippen LogP contribution in [-0.2, 0) is 27.2 Å². The lowest BCUT2D eigenvalue weighted by Crippen LogP contribution is -2.33. The van der Waals surface area contributed by atoms with E-state index in [9.17, 15) is 29.1 Å². The number of aromatic nitrogens is 4. The van der Waals surface area contributed by atoms with Gasteiger partial charge in [0.15, 0.2) is 30.3 Å². The first-order valence-electron chi connectivity index (χ1n) is 7.90. The number of phosphoric acid groups is 1. The maximum absolute atomic E-state index is 11.9. The molecule has 2 unspecified atom stereocenters. The third-order valence-corrected chi connectivity index (χ3v) is 7.72. The Balaban J connectivity index is 1.68. The van der Waals surface area contributed by atoms with Crippen molar-refractivity contribution in [1.82, 2.24) is 19.5 Å². The molecule has 174 valence electrons. The molecule has 1 fully saturated rings. The van der Waals surface area contributed by atoms with Crippen LogP contribution < -0.4 is 5.73 Å². The van der Waals surface area contributed by atoms with E-state index in [2.05, 4.69) is 23.6 Å². The second-order valence-corrected chi connectivity index (χ2v) is 10.8. The van der Waals surface area contributed by atoms with Crippen LogP contribution in [0.3, 0.4) is 0 Å². The quantitative estimate of drug-likeness (QED) is 0.178. The molecule has 18 nitrogen and oxygen atoms in total. The van der Waals surface area contributed by atoms with Crippen molar-refractivity contribution in [1.29, 1.82) is 0 Å². The van der Waals surface area contributed by atoms with Gasteiger partial charge in [0.05, 0.1) is 6.33 Å². The van der Waals surface area contributed by atoms with Crippen molar-refractivity contribution in [2.45, 2.75) is 24.7 Å². The fraction of sp³-hybridized carbons (Fsp3) is 0.500. The number of aliphatic hydroxyl groups is 2. The average Bonchev–Trinajstić information content (AvgIpc) is 3.13. The fourth-order valence-corrected chi connectivity index (χ4v) is 5.87.